The van der Waals surface area contributed by atoms with Gasteiger partial charge >= 0.3 is 6.18 Å². The summed E-state index contributed by atoms with van der Waals surface area (Å²) in [5.41, 5.74) is -1.76. The standard InChI is InChI=1S/C17H12F3N5O3S2/c18-17(19,20)12-8-11(25(27)28)6-7-13(12)22-14(26)9-29-16-24-23-15(30-16)21-10-4-2-1-3-5-10/h1-8H,9H2,(H,21,23)(H,22,26). The average Bonchev–Trinajstić information content (AvgIpc) is 3.14. The molecular formula is C17H12F3N5O3S2. The van der Waals surface area contributed by atoms with E-state index in [0.717, 1.165) is 29.6 Å². The molecule has 1 amide bonds. The predicted molar refractivity (Wildman–Crippen MR) is 107 cm³/mol. The number of hydrogen-bond donors (Lipinski definition) is 2. The number of carbonyl (C=O) groups is 1. The number of nitro benzene ring substituents is 1. The van der Waals surface area contributed by atoms with E-state index < -0.39 is 33.9 Å². The molecule has 3 rings (SSSR count). The van der Waals surface area contributed by atoms with Crippen LogP contribution < -0.4 is 10.6 Å². The number of aromatic nitrogens is 2. The number of carbonyl (C=O) groups excluding carboxylic acids is 1. The lowest BCUT2D eigenvalue weighted by atomic mass is 10.1. The van der Waals surface area contributed by atoms with E-state index in [1.165, 1.54) is 11.3 Å². The largest absolute Gasteiger partial charge is 0.418 e. The summed E-state index contributed by atoms with van der Waals surface area (Å²) in [6.45, 7) is 0. The molecule has 0 aliphatic rings. The highest BCUT2D eigenvalue weighted by molar-refractivity contribution is 8.01. The number of amides is 1. The van der Waals surface area contributed by atoms with Crippen molar-refractivity contribution in [2.24, 2.45) is 0 Å². The Kier molecular flexibility index (Phi) is 6.52. The molecule has 0 saturated carbocycles. The summed E-state index contributed by atoms with van der Waals surface area (Å²) in [7, 11) is 0. The number of nitrogens with zero attached hydrogens (tertiary/aromatic N) is 3. The number of nitrogens with one attached hydrogen (secondary N) is 2. The van der Waals surface area contributed by atoms with Gasteiger partial charge in [0.15, 0.2) is 4.34 Å². The smallest absolute Gasteiger partial charge is 0.330 e. The van der Waals surface area contributed by atoms with E-state index in [-0.39, 0.29) is 5.75 Å². The Morgan fingerprint density at radius 2 is 1.90 bits per heavy atom. The molecule has 0 aliphatic heterocycles. The zero-order chi connectivity index (χ0) is 21.7. The fraction of sp³-hybridized carbons (Fsp3) is 0.118. The SMILES string of the molecule is O=C(CSc1nnc(Nc2ccccc2)s1)Nc1ccc([N+](=O)[O-])cc1C(F)(F)F. The first-order valence-corrected chi connectivity index (χ1v) is 9.96. The van der Waals surface area contributed by atoms with E-state index in [1.54, 1.807) is 0 Å². The Hall–Kier alpha value is -3.19. The number of para-hydroxylation sites is 1. The van der Waals surface area contributed by atoms with Crippen LogP contribution in [-0.2, 0) is 11.0 Å². The Labute approximate surface area is 175 Å². The van der Waals surface area contributed by atoms with Crippen LogP contribution in [0.15, 0.2) is 52.9 Å². The second-order valence-corrected chi connectivity index (χ2v) is 7.89. The van der Waals surface area contributed by atoms with Gasteiger partial charge < -0.3 is 10.6 Å². The highest BCUT2D eigenvalue weighted by Crippen LogP contribution is 2.37. The topological polar surface area (TPSA) is 110 Å². The third kappa shape index (κ3) is 5.67. The summed E-state index contributed by atoms with van der Waals surface area (Å²) in [4.78, 5) is 21.9. The zero-order valence-electron chi connectivity index (χ0n) is 14.8. The maximum atomic E-state index is 13.2. The van der Waals surface area contributed by atoms with Crippen LogP contribution >= 0.6 is 23.1 Å². The monoisotopic (exact) mass is 455 g/mol. The number of alkyl halides is 3. The Morgan fingerprint density at radius 3 is 2.57 bits per heavy atom. The fourth-order valence-electron chi connectivity index (χ4n) is 2.27. The summed E-state index contributed by atoms with van der Waals surface area (Å²) >= 11 is 2.19. The molecule has 0 unspecified atom stereocenters. The second-order valence-electron chi connectivity index (χ2n) is 5.69. The van der Waals surface area contributed by atoms with Gasteiger partial charge in [-0.05, 0) is 18.2 Å². The molecule has 30 heavy (non-hydrogen) atoms. The van der Waals surface area contributed by atoms with Crippen LogP contribution in [0.4, 0.5) is 35.4 Å². The number of halogens is 3. The highest BCUT2D eigenvalue weighted by atomic mass is 32.2. The molecule has 2 N–H and O–H groups in total. The van der Waals surface area contributed by atoms with Crippen molar-refractivity contribution < 1.29 is 22.9 Å². The van der Waals surface area contributed by atoms with Crippen molar-refractivity contribution in [2.45, 2.75) is 10.5 Å². The molecule has 1 heterocycles. The first-order chi connectivity index (χ1) is 14.2. The molecule has 8 nitrogen and oxygen atoms in total. The average molecular weight is 455 g/mol. The van der Waals surface area contributed by atoms with Gasteiger partial charge in [-0.3, -0.25) is 14.9 Å². The van der Waals surface area contributed by atoms with Crippen LogP contribution in [0.25, 0.3) is 0 Å². The molecule has 0 bridgehead atoms. The summed E-state index contributed by atoms with van der Waals surface area (Å²) in [5.74, 6) is -0.930. The van der Waals surface area contributed by atoms with E-state index in [0.29, 0.717) is 15.5 Å². The predicted octanol–water partition coefficient (Wildman–Crippen LogP) is 4.94. The van der Waals surface area contributed by atoms with Crippen molar-refractivity contribution in [1.29, 1.82) is 0 Å². The first kappa shape index (κ1) is 21.5. The molecule has 0 saturated heterocycles. The van der Waals surface area contributed by atoms with E-state index in [4.69, 9.17) is 0 Å². The minimum Gasteiger partial charge on any atom is -0.330 e. The van der Waals surface area contributed by atoms with E-state index in [1.807, 2.05) is 30.3 Å². The van der Waals surface area contributed by atoms with E-state index in [9.17, 15) is 28.1 Å². The highest BCUT2D eigenvalue weighted by Gasteiger charge is 2.35. The number of nitro groups is 1. The molecule has 3 aromatic rings. The van der Waals surface area contributed by atoms with Crippen molar-refractivity contribution >= 4 is 51.2 Å². The number of hydrogen-bond acceptors (Lipinski definition) is 8. The molecule has 13 heteroatoms. The van der Waals surface area contributed by atoms with Gasteiger partial charge in [0.1, 0.15) is 0 Å². The molecule has 0 fully saturated rings. The summed E-state index contributed by atoms with van der Waals surface area (Å²) in [6, 6.07) is 11.4. The summed E-state index contributed by atoms with van der Waals surface area (Å²) in [6.07, 6.45) is -4.86. The Morgan fingerprint density at radius 1 is 1.17 bits per heavy atom. The molecule has 0 spiro atoms. The van der Waals surface area contributed by atoms with E-state index >= 15 is 0 Å². The molecule has 2 aromatic carbocycles. The van der Waals surface area contributed by atoms with Crippen molar-refractivity contribution in [3.8, 4) is 0 Å². The van der Waals surface area contributed by atoms with Crippen LogP contribution in [0.3, 0.4) is 0 Å². The van der Waals surface area contributed by atoms with Gasteiger partial charge in [0.05, 0.1) is 21.9 Å². The van der Waals surface area contributed by atoms with Crippen molar-refractivity contribution in [1.82, 2.24) is 10.2 Å². The molecule has 0 radical (unpaired) electrons. The lowest BCUT2D eigenvalue weighted by Crippen LogP contribution is -2.18. The zero-order valence-corrected chi connectivity index (χ0v) is 16.5. The number of benzene rings is 2. The lowest BCUT2D eigenvalue weighted by Gasteiger charge is -2.13. The Balaban J connectivity index is 1.62. The molecular weight excluding hydrogens is 443 g/mol. The van der Waals surface area contributed by atoms with Gasteiger partial charge in [-0.15, -0.1) is 10.2 Å². The number of rotatable bonds is 7. The quantitative estimate of drug-likeness (QED) is 0.295. The fourth-order valence-corrected chi connectivity index (χ4v) is 3.84. The maximum absolute atomic E-state index is 13.2. The third-order valence-corrected chi connectivity index (χ3v) is 5.52. The van der Waals surface area contributed by atoms with Gasteiger partial charge in [-0.1, -0.05) is 41.3 Å². The first-order valence-electron chi connectivity index (χ1n) is 8.16. The summed E-state index contributed by atoms with van der Waals surface area (Å²) < 4.78 is 40.0. The molecule has 0 aliphatic carbocycles. The number of thioether (sulfide) groups is 1. The van der Waals surface area contributed by atoms with E-state index in [2.05, 4.69) is 20.8 Å². The minimum atomic E-state index is -4.86. The van der Waals surface area contributed by atoms with Gasteiger partial charge in [0, 0.05) is 17.8 Å². The molecule has 0 atom stereocenters. The van der Waals surface area contributed by atoms with Crippen molar-refractivity contribution in [2.75, 3.05) is 16.4 Å². The summed E-state index contributed by atoms with van der Waals surface area (Å²) in [5, 5.41) is 24.3. The van der Waals surface area contributed by atoms with Crippen LogP contribution in [0.1, 0.15) is 5.56 Å². The number of non-ortho nitro benzene ring substituents is 1. The van der Waals surface area contributed by atoms with Crippen LogP contribution in [-0.4, -0.2) is 26.8 Å². The molecule has 156 valence electrons. The normalized spacial score (nSPS) is 11.2. The van der Waals surface area contributed by atoms with Crippen LogP contribution in [0, 0.1) is 10.1 Å². The molecule has 1 aromatic heterocycles. The number of anilines is 3. The third-order valence-electron chi connectivity index (χ3n) is 3.55. The lowest BCUT2D eigenvalue weighted by molar-refractivity contribution is -0.385. The van der Waals surface area contributed by atoms with Crippen LogP contribution in [0.2, 0.25) is 0 Å². The maximum Gasteiger partial charge on any atom is 0.418 e. The van der Waals surface area contributed by atoms with Gasteiger partial charge in [0.2, 0.25) is 11.0 Å². The minimum absolute atomic E-state index is 0.214. The van der Waals surface area contributed by atoms with Crippen molar-refractivity contribution in [3.63, 3.8) is 0 Å². The van der Waals surface area contributed by atoms with Crippen molar-refractivity contribution in [3.05, 3.63) is 64.2 Å². The van der Waals surface area contributed by atoms with Gasteiger partial charge in [0.25, 0.3) is 5.69 Å². The van der Waals surface area contributed by atoms with Gasteiger partial charge in [-0.25, -0.2) is 0 Å². The Bertz CT molecular complexity index is 1060. The van der Waals surface area contributed by atoms with Crippen LogP contribution in [0.5, 0.6) is 0 Å². The van der Waals surface area contributed by atoms with Gasteiger partial charge in [-0.2, -0.15) is 13.2 Å². The second kappa shape index (κ2) is 9.09.